The fourth-order valence-corrected chi connectivity index (χ4v) is 0.624. The molecule has 0 fully saturated rings. The average molecular weight is 141 g/mol. The molecule has 0 bridgehead atoms. The van der Waals surface area contributed by atoms with Crippen LogP contribution in [0.5, 0.6) is 5.75 Å². The van der Waals surface area contributed by atoms with Crippen molar-refractivity contribution < 1.29 is 14.4 Å². The third kappa shape index (κ3) is 1.10. The van der Waals surface area contributed by atoms with Crippen LogP contribution in [-0.2, 0) is 0 Å². The highest BCUT2D eigenvalue weighted by molar-refractivity contribution is 5.79. The lowest BCUT2D eigenvalue weighted by molar-refractivity contribution is 0.320. The Hall–Kier alpha value is -1.45. The molecular weight excluding hydrogens is 134 g/mol. The number of furan rings is 1. The average Bonchev–Trinajstić information content (AvgIpc) is 2.36. The Labute approximate surface area is 57.7 Å². The van der Waals surface area contributed by atoms with Gasteiger partial charge in [0.05, 0.1) is 13.4 Å². The van der Waals surface area contributed by atoms with Crippen molar-refractivity contribution >= 4 is 6.21 Å². The van der Waals surface area contributed by atoms with Crippen LogP contribution < -0.4 is 4.74 Å². The van der Waals surface area contributed by atoms with Crippen molar-refractivity contribution in [3.63, 3.8) is 0 Å². The Kier molecular flexibility index (Phi) is 1.94. The van der Waals surface area contributed by atoms with Crippen LogP contribution in [0.1, 0.15) is 5.76 Å². The number of nitrogens with zero attached hydrogens (tertiary/aromatic N) is 1. The third-order valence-electron chi connectivity index (χ3n) is 1.05. The zero-order valence-corrected chi connectivity index (χ0v) is 5.44. The number of hydrogen-bond donors (Lipinski definition) is 1. The van der Waals surface area contributed by atoms with Crippen LogP contribution in [0.2, 0.25) is 0 Å². The van der Waals surface area contributed by atoms with Gasteiger partial charge in [0.1, 0.15) is 6.21 Å². The van der Waals surface area contributed by atoms with Crippen LogP contribution >= 0.6 is 0 Å². The first-order valence-corrected chi connectivity index (χ1v) is 2.67. The predicted molar refractivity (Wildman–Crippen MR) is 34.6 cm³/mol. The molecule has 1 aromatic rings. The lowest BCUT2D eigenvalue weighted by Gasteiger charge is -1.92. The molecule has 1 rings (SSSR count). The number of rotatable bonds is 2. The van der Waals surface area contributed by atoms with Gasteiger partial charge in [-0.15, -0.1) is 0 Å². The summed E-state index contributed by atoms with van der Waals surface area (Å²) in [5.41, 5.74) is 0. The first kappa shape index (κ1) is 6.67. The molecule has 0 aromatic carbocycles. The van der Waals surface area contributed by atoms with E-state index in [2.05, 4.69) is 5.16 Å². The van der Waals surface area contributed by atoms with Gasteiger partial charge in [-0.3, -0.25) is 0 Å². The molecule has 0 atom stereocenters. The van der Waals surface area contributed by atoms with Gasteiger partial charge in [-0.25, -0.2) is 0 Å². The van der Waals surface area contributed by atoms with Gasteiger partial charge >= 0.3 is 0 Å². The van der Waals surface area contributed by atoms with E-state index in [1.807, 2.05) is 0 Å². The predicted octanol–water partition coefficient (Wildman–Crippen LogP) is 1.10. The van der Waals surface area contributed by atoms with Crippen molar-refractivity contribution in [1.82, 2.24) is 0 Å². The van der Waals surface area contributed by atoms with Gasteiger partial charge in [-0.05, 0) is 0 Å². The molecule has 4 heteroatoms. The molecule has 0 unspecified atom stereocenters. The molecule has 0 spiro atoms. The number of methoxy groups -OCH3 is 1. The summed E-state index contributed by atoms with van der Waals surface area (Å²) in [4.78, 5) is 0. The molecular formula is C6H7NO3. The zero-order chi connectivity index (χ0) is 7.40. The maximum absolute atomic E-state index is 8.11. The normalized spacial score (nSPS) is 10.5. The molecule has 1 N–H and O–H groups in total. The Morgan fingerprint density at radius 2 is 2.60 bits per heavy atom. The minimum absolute atomic E-state index is 0.407. The van der Waals surface area contributed by atoms with Gasteiger partial charge in [0.25, 0.3) is 0 Å². The summed E-state index contributed by atoms with van der Waals surface area (Å²) >= 11 is 0. The largest absolute Gasteiger partial charge is 0.493 e. The highest BCUT2D eigenvalue weighted by Gasteiger charge is 2.01. The van der Waals surface area contributed by atoms with Crippen LogP contribution in [0, 0.1) is 0 Å². The molecule has 0 aliphatic rings. The summed E-state index contributed by atoms with van der Waals surface area (Å²) < 4.78 is 9.70. The Bertz CT molecular complexity index is 229. The molecule has 0 aliphatic heterocycles. The van der Waals surface area contributed by atoms with Crippen molar-refractivity contribution in [2.24, 2.45) is 5.16 Å². The number of hydrogen-bond acceptors (Lipinski definition) is 4. The Morgan fingerprint density at radius 1 is 1.80 bits per heavy atom. The molecule has 10 heavy (non-hydrogen) atoms. The number of ether oxygens (including phenoxy) is 1. The summed E-state index contributed by atoms with van der Waals surface area (Å²) in [5.74, 6) is 0.961. The quantitative estimate of drug-likeness (QED) is 0.381. The smallest absolute Gasteiger partial charge is 0.190 e. The summed E-state index contributed by atoms with van der Waals surface area (Å²) in [6, 6.07) is 1.64. The van der Waals surface area contributed by atoms with E-state index in [0.717, 1.165) is 0 Å². The van der Waals surface area contributed by atoms with E-state index < -0.39 is 0 Å². The molecule has 1 heterocycles. The van der Waals surface area contributed by atoms with Crippen LogP contribution in [0.4, 0.5) is 0 Å². The second-order valence-corrected chi connectivity index (χ2v) is 1.60. The van der Waals surface area contributed by atoms with Gasteiger partial charge in [-0.2, -0.15) is 0 Å². The van der Waals surface area contributed by atoms with Gasteiger partial charge in [0.15, 0.2) is 11.5 Å². The maximum Gasteiger partial charge on any atom is 0.190 e. The Morgan fingerprint density at radius 3 is 3.20 bits per heavy atom. The standard InChI is InChI=1S/C6H7NO3/c1-9-5-2-3-10-6(5)4-7-8/h2-4,8H,1H3/b7-4+. The third-order valence-corrected chi connectivity index (χ3v) is 1.05. The van der Waals surface area contributed by atoms with Crippen molar-refractivity contribution in [2.75, 3.05) is 7.11 Å². The summed E-state index contributed by atoms with van der Waals surface area (Å²) in [7, 11) is 1.51. The van der Waals surface area contributed by atoms with E-state index in [-0.39, 0.29) is 0 Å². The van der Waals surface area contributed by atoms with E-state index in [1.165, 1.54) is 19.6 Å². The first-order chi connectivity index (χ1) is 4.88. The van der Waals surface area contributed by atoms with Crippen LogP contribution in [0.3, 0.4) is 0 Å². The molecule has 54 valence electrons. The fourth-order valence-electron chi connectivity index (χ4n) is 0.624. The molecule has 0 saturated heterocycles. The van der Waals surface area contributed by atoms with Crippen molar-refractivity contribution in [1.29, 1.82) is 0 Å². The minimum Gasteiger partial charge on any atom is -0.493 e. The molecule has 0 amide bonds. The van der Waals surface area contributed by atoms with Gasteiger partial charge < -0.3 is 14.4 Å². The van der Waals surface area contributed by atoms with Gasteiger partial charge in [-0.1, -0.05) is 5.16 Å². The van der Waals surface area contributed by atoms with E-state index in [0.29, 0.717) is 11.5 Å². The van der Waals surface area contributed by atoms with E-state index in [4.69, 9.17) is 14.4 Å². The SMILES string of the molecule is COc1ccoc1/C=N/O. The van der Waals surface area contributed by atoms with E-state index in [1.54, 1.807) is 6.07 Å². The van der Waals surface area contributed by atoms with Crippen molar-refractivity contribution in [2.45, 2.75) is 0 Å². The zero-order valence-electron chi connectivity index (χ0n) is 5.44. The highest BCUT2D eigenvalue weighted by Crippen LogP contribution is 2.16. The summed E-state index contributed by atoms with van der Waals surface area (Å²) in [6.07, 6.45) is 2.62. The lowest BCUT2D eigenvalue weighted by atomic mass is 10.4. The van der Waals surface area contributed by atoms with Crippen molar-refractivity contribution in [3.05, 3.63) is 18.1 Å². The van der Waals surface area contributed by atoms with Crippen LogP contribution in [-0.4, -0.2) is 18.5 Å². The minimum atomic E-state index is 0.407. The van der Waals surface area contributed by atoms with Gasteiger partial charge in [0.2, 0.25) is 0 Å². The first-order valence-electron chi connectivity index (χ1n) is 2.67. The van der Waals surface area contributed by atoms with Gasteiger partial charge in [0, 0.05) is 6.07 Å². The molecule has 0 aliphatic carbocycles. The van der Waals surface area contributed by atoms with Crippen LogP contribution in [0.25, 0.3) is 0 Å². The molecule has 0 radical (unpaired) electrons. The second kappa shape index (κ2) is 2.91. The molecule has 0 saturated carbocycles. The topological polar surface area (TPSA) is 55.0 Å². The van der Waals surface area contributed by atoms with E-state index in [9.17, 15) is 0 Å². The summed E-state index contributed by atoms with van der Waals surface area (Å²) in [6.45, 7) is 0. The number of oxime groups is 1. The Balaban J connectivity index is 2.90. The second-order valence-electron chi connectivity index (χ2n) is 1.60. The monoisotopic (exact) mass is 141 g/mol. The highest BCUT2D eigenvalue weighted by atomic mass is 16.5. The molecule has 1 aromatic heterocycles. The summed E-state index contributed by atoms with van der Waals surface area (Å²) in [5, 5.41) is 10.9. The van der Waals surface area contributed by atoms with Crippen molar-refractivity contribution in [3.8, 4) is 5.75 Å². The lowest BCUT2D eigenvalue weighted by Crippen LogP contribution is -1.84. The fraction of sp³-hybridized carbons (Fsp3) is 0.167. The van der Waals surface area contributed by atoms with Crippen LogP contribution in [0.15, 0.2) is 21.9 Å². The molecule has 4 nitrogen and oxygen atoms in total. The maximum atomic E-state index is 8.11. The van der Waals surface area contributed by atoms with E-state index >= 15 is 0 Å².